The number of unbranched alkanes of at least 4 members (excludes halogenated alkanes) is 36. The van der Waals surface area contributed by atoms with Crippen LogP contribution in [0.2, 0.25) is 0 Å². The first-order valence-electron chi connectivity index (χ1n) is 25.5. The Labute approximate surface area is 400 Å². The monoisotopic (exact) mass is 977 g/mol. The second-order valence-electron chi connectivity index (χ2n) is 16.5. The average molecular weight is 976 g/mol. The van der Waals surface area contributed by atoms with Crippen LogP contribution in [0.25, 0.3) is 0 Å². The zero-order chi connectivity index (χ0) is 43.7. The van der Waals surface area contributed by atoms with E-state index in [0.29, 0.717) is 13.2 Å². The second-order valence-corrected chi connectivity index (χ2v) is 17.0. The van der Waals surface area contributed by atoms with E-state index in [1.165, 1.54) is 231 Å². The number of hydrogen-bond acceptors (Lipinski definition) is 4. The van der Waals surface area contributed by atoms with Crippen molar-refractivity contribution in [3.63, 3.8) is 0 Å². The van der Waals surface area contributed by atoms with Crippen LogP contribution in [0.4, 0.5) is 0 Å². The van der Waals surface area contributed by atoms with Crippen molar-refractivity contribution in [2.45, 2.75) is 285 Å². The van der Waals surface area contributed by atoms with E-state index in [-0.39, 0.29) is 47.4 Å². The zero-order valence-corrected chi connectivity index (χ0v) is 45.0. The van der Waals surface area contributed by atoms with Crippen LogP contribution in [-0.2, 0) is 19.1 Å². The molecule has 0 saturated carbocycles. The Balaban J connectivity index is -0.000000221. The molecule has 0 aliphatic carbocycles. The predicted octanol–water partition coefficient (Wildman–Crippen LogP) is 18.4. The molecule has 0 aliphatic heterocycles. The minimum atomic E-state index is -0.254. The first-order chi connectivity index (χ1) is 28.4. The molecule has 0 aromatic carbocycles. The van der Waals surface area contributed by atoms with E-state index in [9.17, 15) is 9.59 Å². The molecule has 0 aromatic heterocycles. The molecule has 0 fully saturated rings. The van der Waals surface area contributed by atoms with Gasteiger partial charge in [-0.2, -0.15) is 0 Å². The van der Waals surface area contributed by atoms with Crippen LogP contribution in [0.1, 0.15) is 285 Å². The number of hydrogen-bond donors (Lipinski definition) is 0. The molecule has 0 aromatic rings. The van der Waals surface area contributed by atoms with Crippen molar-refractivity contribution in [3.8, 4) is 0 Å². The van der Waals surface area contributed by atoms with E-state index in [4.69, 9.17) is 9.47 Å². The van der Waals surface area contributed by atoms with E-state index in [0.717, 1.165) is 25.7 Å². The summed E-state index contributed by atoms with van der Waals surface area (Å²) in [4.78, 5) is 21.5. The van der Waals surface area contributed by atoms with Crippen molar-refractivity contribution in [1.82, 2.24) is 0 Å². The Kier molecular flexibility index (Phi) is 81.4. The molecule has 0 heterocycles. The maximum Gasteiger partial charge on any atom is 0.316 e. The Bertz CT molecular complexity index is 634. The number of carbonyl (C=O) groups is 2. The molecule has 0 spiro atoms. The number of ether oxygens (including phenoxy) is 2. The molecule has 8 radical (unpaired) electrons. The normalized spacial score (nSPS) is 10.3. The fraction of sp³-hybridized carbons (Fsp3) is 0.923. The van der Waals surface area contributed by atoms with Crippen LogP contribution < -0.4 is 0 Å². The largest absolute Gasteiger partial charge is 0.465 e. The van der Waals surface area contributed by atoms with E-state index >= 15 is 0 Å². The molecule has 59 heavy (non-hydrogen) atoms. The van der Waals surface area contributed by atoms with Crippen LogP contribution in [0.5, 0.6) is 0 Å². The molecule has 352 valence electrons. The molecular formula is C52H104O4S2Sn. The summed E-state index contributed by atoms with van der Waals surface area (Å²) in [6, 6.07) is 0. The van der Waals surface area contributed by atoms with Gasteiger partial charge in [0, 0.05) is 23.9 Å². The van der Waals surface area contributed by atoms with E-state index in [1.807, 2.05) is 0 Å². The molecule has 0 amide bonds. The number of carbonyl (C=O) groups excluding carboxylic acids is 2. The van der Waals surface area contributed by atoms with E-state index < -0.39 is 0 Å². The average Bonchev–Trinajstić information content (AvgIpc) is 3.24. The van der Waals surface area contributed by atoms with Gasteiger partial charge in [-0.3, -0.25) is 9.59 Å². The smallest absolute Gasteiger partial charge is 0.316 e. The fourth-order valence-electron chi connectivity index (χ4n) is 6.61. The third kappa shape index (κ3) is 79.3. The van der Waals surface area contributed by atoms with Gasteiger partial charge in [-0.05, 0) is 12.8 Å². The van der Waals surface area contributed by atoms with Crippen molar-refractivity contribution < 1.29 is 19.1 Å². The van der Waals surface area contributed by atoms with Gasteiger partial charge in [0.05, 0.1) is 13.2 Å². The molecule has 4 nitrogen and oxygen atoms in total. The SMILES string of the molecule is CCCCCCCCCCCCOC(=O)C[S].CCCCCCCCCCCCOC(=O)C[S].[CH2]CCCCCCCCCCC.[CH2]CCCCCCCCCCC.[Sn]. The third-order valence-corrected chi connectivity index (χ3v) is 10.9. The van der Waals surface area contributed by atoms with Gasteiger partial charge in [0.1, 0.15) is 11.5 Å². The third-order valence-electron chi connectivity index (χ3n) is 10.5. The summed E-state index contributed by atoms with van der Waals surface area (Å²) >= 11 is 9.16. The van der Waals surface area contributed by atoms with Gasteiger partial charge < -0.3 is 9.47 Å². The van der Waals surface area contributed by atoms with Gasteiger partial charge in [-0.15, -0.1) is 0 Å². The van der Waals surface area contributed by atoms with Gasteiger partial charge >= 0.3 is 11.9 Å². The van der Waals surface area contributed by atoms with Crippen molar-refractivity contribution in [3.05, 3.63) is 13.8 Å². The fourth-order valence-corrected chi connectivity index (χ4v) is 6.78. The summed E-state index contributed by atoms with van der Waals surface area (Å²) in [6.45, 7) is 17.8. The minimum Gasteiger partial charge on any atom is -0.465 e. The predicted molar refractivity (Wildman–Crippen MR) is 271 cm³/mol. The maximum absolute atomic E-state index is 10.7. The Morgan fingerprint density at radius 1 is 0.322 bits per heavy atom. The summed E-state index contributed by atoms with van der Waals surface area (Å²) < 4.78 is 9.84. The summed E-state index contributed by atoms with van der Waals surface area (Å²) in [5, 5.41) is 0. The molecule has 0 aliphatic rings. The van der Waals surface area contributed by atoms with E-state index in [1.54, 1.807) is 0 Å². The molecule has 0 N–H and O–H groups in total. The Morgan fingerprint density at radius 3 is 0.661 bits per heavy atom. The van der Waals surface area contributed by atoms with Crippen LogP contribution in [0.3, 0.4) is 0 Å². The molecule has 0 atom stereocenters. The molecule has 0 bridgehead atoms. The first kappa shape index (κ1) is 68.5. The van der Waals surface area contributed by atoms with Crippen LogP contribution >= 0.6 is 25.3 Å². The Morgan fingerprint density at radius 2 is 0.492 bits per heavy atom. The van der Waals surface area contributed by atoms with Gasteiger partial charge in [0.2, 0.25) is 0 Å². The van der Waals surface area contributed by atoms with Crippen LogP contribution in [-0.4, -0.2) is 60.6 Å². The summed E-state index contributed by atoms with van der Waals surface area (Å²) in [5.74, 6) is -0.345. The van der Waals surface area contributed by atoms with Crippen LogP contribution in [0, 0.1) is 13.8 Å². The number of esters is 2. The van der Waals surface area contributed by atoms with Crippen LogP contribution in [0.15, 0.2) is 0 Å². The van der Waals surface area contributed by atoms with Crippen molar-refractivity contribution >= 4 is 61.1 Å². The van der Waals surface area contributed by atoms with Gasteiger partial charge in [0.15, 0.2) is 0 Å². The first-order valence-corrected chi connectivity index (χ1v) is 26.7. The standard InChI is InChI=1S/2C14H27O2S.2C12H25.Sn/c2*1-2-3-4-5-6-7-8-9-10-11-12-16-14(15)13-17;2*1-3-5-7-9-11-12-10-8-6-4-2;/h2*2-13H2,1H3;2*1,3-12H2,2H3;. The molecule has 0 saturated heterocycles. The minimum absolute atomic E-state index is 0. The molecule has 7 heteroatoms. The van der Waals surface area contributed by atoms with Gasteiger partial charge in [0.25, 0.3) is 0 Å². The zero-order valence-electron chi connectivity index (χ0n) is 40.5. The quantitative estimate of drug-likeness (QED) is 0.0347. The maximum atomic E-state index is 10.7. The number of rotatable bonds is 42. The summed E-state index contributed by atoms with van der Waals surface area (Å²) in [5.41, 5.74) is 0. The van der Waals surface area contributed by atoms with E-state index in [2.05, 4.69) is 66.8 Å². The van der Waals surface area contributed by atoms with Crippen molar-refractivity contribution in [2.24, 2.45) is 0 Å². The topological polar surface area (TPSA) is 52.6 Å². The summed E-state index contributed by atoms with van der Waals surface area (Å²) in [6.07, 6.45) is 53.7. The second kappa shape index (κ2) is 70.1. The molecule has 0 unspecified atom stereocenters. The van der Waals surface area contributed by atoms with Crippen molar-refractivity contribution in [2.75, 3.05) is 24.7 Å². The van der Waals surface area contributed by atoms with Gasteiger partial charge in [-0.25, -0.2) is 0 Å². The molecule has 0 rings (SSSR count). The molecular weight excluding hydrogens is 871 g/mol. The van der Waals surface area contributed by atoms with Crippen molar-refractivity contribution in [1.29, 1.82) is 0 Å². The van der Waals surface area contributed by atoms with Gasteiger partial charge in [-0.1, -0.05) is 311 Å². The summed E-state index contributed by atoms with van der Waals surface area (Å²) in [7, 11) is 0. The Hall–Kier alpha value is 0.439.